The molecule has 0 spiro atoms. The number of rotatable bonds is 6. The van der Waals surface area contributed by atoms with Gasteiger partial charge in [-0.2, -0.15) is 0 Å². The van der Waals surface area contributed by atoms with Crippen LogP contribution in [-0.4, -0.2) is 38.5 Å². The van der Waals surface area contributed by atoms with E-state index in [2.05, 4.69) is 9.97 Å². The molecule has 0 atom stereocenters. The molecule has 0 saturated heterocycles. The summed E-state index contributed by atoms with van der Waals surface area (Å²) in [6.45, 7) is 3.87. The molecule has 6 heteroatoms. The number of nitrogens with one attached hydrogen (secondary N) is 1. The van der Waals surface area contributed by atoms with Gasteiger partial charge < -0.3 is 15.0 Å². The molecule has 3 rings (SSSR count). The lowest BCUT2D eigenvalue weighted by Gasteiger charge is -2.17. The standard InChI is InChI=1S/C21H24FN3O2/c1-21(2,27)11-10-14-4-6-15(7-5-14)20(26)25(3)13-19-23-17-9-8-16(22)12-18(17)24-19/h4-9,12,27H,10-11,13H2,1-3H3,(H,23,24). The lowest BCUT2D eigenvalue weighted by atomic mass is 9.98. The normalized spacial score (nSPS) is 11.7. The summed E-state index contributed by atoms with van der Waals surface area (Å²) in [5.41, 5.74) is 2.25. The second-order valence-corrected chi connectivity index (χ2v) is 7.52. The molecule has 27 heavy (non-hydrogen) atoms. The molecule has 1 amide bonds. The number of H-pyrrole nitrogens is 1. The monoisotopic (exact) mass is 369 g/mol. The Balaban J connectivity index is 1.65. The summed E-state index contributed by atoms with van der Waals surface area (Å²) in [4.78, 5) is 21.6. The summed E-state index contributed by atoms with van der Waals surface area (Å²) in [7, 11) is 1.71. The predicted octanol–water partition coefficient (Wildman–Crippen LogP) is 3.68. The SMILES string of the molecule is CN(Cc1nc2ccc(F)cc2[nH]1)C(=O)c1ccc(CCC(C)(C)O)cc1. The van der Waals surface area contributed by atoms with E-state index in [1.807, 2.05) is 12.1 Å². The molecule has 2 N–H and O–H groups in total. The zero-order valence-electron chi connectivity index (χ0n) is 15.8. The first-order chi connectivity index (χ1) is 12.7. The van der Waals surface area contributed by atoms with Crippen molar-refractivity contribution in [1.82, 2.24) is 14.9 Å². The number of carbonyl (C=O) groups is 1. The van der Waals surface area contributed by atoms with Gasteiger partial charge in [0.05, 0.1) is 23.2 Å². The van der Waals surface area contributed by atoms with Crippen LogP contribution in [0.15, 0.2) is 42.5 Å². The van der Waals surface area contributed by atoms with E-state index in [-0.39, 0.29) is 11.7 Å². The van der Waals surface area contributed by atoms with Crippen molar-refractivity contribution in [3.63, 3.8) is 0 Å². The van der Waals surface area contributed by atoms with Crippen LogP contribution in [0.4, 0.5) is 4.39 Å². The Labute approximate surface area is 157 Å². The lowest BCUT2D eigenvalue weighted by Crippen LogP contribution is -2.26. The molecular weight excluding hydrogens is 345 g/mol. The smallest absolute Gasteiger partial charge is 0.253 e. The Morgan fingerprint density at radius 2 is 1.93 bits per heavy atom. The van der Waals surface area contributed by atoms with Gasteiger partial charge in [0.1, 0.15) is 11.6 Å². The van der Waals surface area contributed by atoms with Crippen LogP contribution < -0.4 is 0 Å². The highest BCUT2D eigenvalue weighted by molar-refractivity contribution is 5.94. The first kappa shape index (κ1) is 19.0. The molecular formula is C21H24FN3O2. The molecule has 0 fully saturated rings. The number of benzene rings is 2. The number of aromatic nitrogens is 2. The van der Waals surface area contributed by atoms with Crippen LogP contribution in [0.5, 0.6) is 0 Å². The van der Waals surface area contributed by atoms with Crippen molar-refractivity contribution < 1.29 is 14.3 Å². The van der Waals surface area contributed by atoms with Crippen LogP contribution in [0.1, 0.15) is 42.0 Å². The maximum absolute atomic E-state index is 13.3. The zero-order valence-corrected chi connectivity index (χ0v) is 15.8. The molecule has 2 aromatic carbocycles. The fourth-order valence-electron chi connectivity index (χ4n) is 2.89. The molecule has 1 heterocycles. The quantitative estimate of drug-likeness (QED) is 0.696. The Kier molecular flexibility index (Phi) is 5.28. The average Bonchev–Trinajstić information content (AvgIpc) is 3.00. The maximum atomic E-state index is 13.3. The minimum Gasteiger partial charge on any atom is -0.390 e. The molecule has 0 aliphatic heterocycles. The summed E-state index contributed by atoms with van der Waals surface area (Å²) in [6, 6.07) is 11.8. The summed E-state index contributed by atoms with van der Waals surface area (Å²) in [5, 5.41) is 9.81. The van der Waals surface area contributed by atoms with Crippen molar-refractivity contribution in [2.45, 2.75) is 38.8 Å². The van der Waals surface area contributed by atoms with Crippen LogP contribution in [-0.2, 0) is 13.0 Å². The van der Waals surface area contributed by atoms with Crippen LogP contribution in [0.25, 0.3) is 11.0 Å². The van der Waals surface area contributed by atoms with E-state index in [0.29, 0.717) is 35.4 Å². The second-order valence-electron chi connectivity index (χ2n) is 7.52. The van der Waals surface area contributed by atoms with Gasteiger partial charge in [0, 0.05) is 12.6 Å². The van der Waals surface area contributed by atoms with Gasteiger partial charge in [0.15, 0.2) is 0 Å². The summed E-state index contributed by atoms with van der Waals surface area (Å²) < 4.78 is 13.3. The number of amides is 1. The van der Waals surface area contributed by atoms with Gasteiger partial charge in [0.25, 0.3) is 5.91 Å². The van der Waals surface area contributed by atoms with E-state index in [1.165, 1.54) is 12.1 Å². The zero-order chi connectivity index (χ0) is 19.6. The molecule has 0 saturated carbocycles. The van der Waals surface area contributed by atoms with Gasteiger partial charge in [-0.15, -0.1) is 0 Å². The molecule has 0 aliphatic carbocycles. The van der Waals surface area contributed by atoms with Crippen molar-refractivity contribution in [2.75, 3.05) is 7.05 Å². The Morgan fingerprint density at radius 3 is 2.59 bits per heavy atom. The molecule has 3 aromatic rings. The number of aromatic amines is 1. The van der Waals surface area contributed by atoms with Crippen molar-refractivity contribution >= 4 is 16.9 Å². The van der Waals surface area contributed by atoms with Crippen LogP contribution in [0, 0.1) is 5.82 Å². The first-order valence-corrected chi connectivity index (χ1v) is 8.92. The number of aliphatic hydroxyl groups is 1. The molecule has 0 radical (unpaired) electrons. The molecule has 5 nitrogen and oxygen atoms in total. The summed E-state index contributed by atoms with van der Waals surface area (Å²) >= 11 is 0. The topological polar surface area (TPSA) is 69.2 Å². The van der Waals surface area contributed by atoms with Crippen molar-refractivity contribution in [1.29, 1.82) is 0 Å². The fraction of sp³-hybridized carbons (Fsp3) is 0.333. The van der Waals surface area contributed by atoms with E-state index < -0.39 is 5.60 Å². The number of fused-ring (bicyclic) bond motifs is 1. The number of imidazole rings is 1. The number of nitrogens with zero attached hydrogens (tertiary/aromatic N) is 2. The maximum Gasteiger partial charge on any atom is 0.253 e. The minimum atomic E-state index is -0.704. The summed E-state index contributed by atoms with van der Waals surface area (Å²) in [6.07, 6.45) is 1.41. The lowest BCUT2D eigenvalue weighted by molar-refractivity contribution is 0.0712. The van der Waals surface area contributed by atoms with Crippen molar-refractivity contribution in [3.05, 3.63) is 65.2 Å². The van der Waals surface area contributed by atoms with Crippen LogP contribution in [0.3, 0.4) is 0 Å². The van der Waals surface area contributed by atoms with Crippen LogP contribution >= 0.6 is 0 Å². The van der Waals surface area contributed by atoms with Crippen molar-refractivity contribution in [3.8, 4) is 0 Å². The number of hydrogen-bond donors (Lipinski definition) is 2. The van der Waals surface area contributed by atoms with E-state index in [4.69, 9.17) is 0 Å². The Bertz CT molecular complexity index is 942. The van der Waals surface area contributed by atoms with E-state index in [9.17, 15) is 14.3 Å². The van der Waals surface area contributed by atoms with Gasteiger partial charge in [-0.05, 0) is 62.6 Å². The highest BCUT2D eigenvalue weighted by Crippen LogP contribution is 2.16. The highest BCUT2D eigenvalue weighted by atomic mass is 19.1. The molecule has 0 bridgehead atoms. The molecule has 1 aromatic heterocycles. The van der Waals surface area contributed by atoms with E-state index >= 15 is 0 Å². The highest BCUT2D eigenvalue weighted by Gasteiger charge is 2.15. The molecule has 142 valence electrons. The van der Waals surface area contributed by atoms with Gasteiger partial charge in [-0.3, -0.25) is 4.79 Å². The van der Waals surface area contributed by atoms with Gasteiger partial charge in [-0.1, -0.05) is 12.1 Å². The van der Waals surface area contributed by atoms with E-state index in [1.54, 1.807) is 44.0 Å². The van der Waals surface area contributed by atoms with E-state index in [0.717, 1.165) is 12.0 Å². The summed E-state index contributed by atoms with van der Waals surface area (Å²) in [5.74, 6) is 0.163. The minimum absolute atomic E-state index is 0.115. The largest absolute Gasteiger partial charge is 0.390 e. The third-order valence-electron chi connectivity index (χ3n) is 4.45. The van der Waals surface area contributed by atoms with Crippen molar-refractivity contribution in [2.24, 2.45) is 0 Å². The third-order valence-corrected chi connectivity index (χ3v) is 4.45. The fourth-order valence-corrected chi connectivity index (χ4v) is 2.89. The Hall–Kier alpha value is -2.73. The molecule has 0 aliphatic rings. The molecule has 0 unspecified atom stereocenters. The number of aryl methyl sites for hydroxylation is 1. The number of carbonyl (C=O) groups excluding carboxylic acids is 1. The second kappa shape index (κ2) is 7.48. The van der Waals surface area contributed by atoms with Gasteiger partial charge in [0.2, 0.25) is 0 Å². The first-order valence-electron chi connectivity index (χ1n) is 8.92. The average molecular weight is 369 g/mol. The third kappa shape index (κ3) is 4.92. The number of hydrogen-bond acceptors (Lipinski definition) is 3. The van der Waals surface area contributed by atoms with Gasteiger partial charge in [-0.25, -0.2) is 9.37 Å². The van der Waals surface area contributed by atoms with Crippen LogP contribution in [0.2, 0.25) is 0 Å². The Morgan fingerprint density at radius 1 is 1.22 bits per heavy atom. The van der Waals surface area contributed by atoms with Gasteiger partial charge >= 0.3 is 0 Å². The predicted molar refractivity (Wildman–Crippen MR) is 103 cm³/mol. The number of halogens is 1.